The zero-order valence-corrected chi connectivity index (χ0v) is 19.5. The van der Waals surface area contributed by atoms with E-state index in [1.54, 1.807) is 19.2 Å². The second-order valence-electron chi connectivity index (χ2n) is 7.55. The number of ether oxygens (including phenoxy) is 4. The first-order valence-electron chi connectivity index (χ1n) is 11.3. The van der Waals surface area contributed by atoms with E-state index < -0.39 is 0 Å². The van der Waals surface area contributed by atoms with E-state index in [0.717, 1.165) is 37.3 Å². The maximum absolute atomic E-state index is 13.0. The van der Waals surface area contributed by atoms with Crippen LogP contribution >= 0.6 is 0 Å². The Kier molecular flexibility index (Phi) is 8.62. The lowest BCUT2D eigenvalue weighted by atomic mass is 10.1. The number of nitrogens with zero attached hydrogens (tertiary/aromatic N) is 1. The molecule has 1 aliphatic heterocycles. The molecular weight excluding hydrogens is 408 g/mol. The highest BCUT2D eigenvalue weighted by molar-refractivity contribution is 6.05. The van der Waals surface area contributed by atoms with Gasteiger partial charge in [-0.1, -0.05) is 0 Å². The third kappa shape index (κ3) is 5.85. The standard InChI is InChI=1S/C25H34N2O5/c1-5-30-22-15-18(16-23(31-6-2)24(22)32-7-3)25(28)26-19-10-12-20(13-11-19)27-14-8-9-21(17-27)29-4/h10-13,15-16,21H,5-9,14,17H2,1-4H3,(H,26,28). The van der Waals surface area contributed by atoms with Crippen LogP contribution in [0.25, 0.3) is 0 Å². The summed E-state index contributed by atoms with van der Waals surface area (Å²) in [5, 5.41) is 2.96. The Hall–Kier alpha value is -2.93. The smallest absolute Gasteiger partial charge is 0.255 e. The van der Waals surface area contributed by atoms with Gasteiger partial charge in [0.15, 0.2) is 11.5 Å². The van der Waals surface area contributed by atoms with Crippen LogP contribution < -0.4 is 24.4 Å². The lowest BCUT2D eigenvalue weighted by Gasteiger charge is -2.33. The topological polar surface area (TPSA) is 69.3 Å². The summed E-state index contributed by atoms with van der Waals surface area (Å²) in [6, 6.07) is 11.3. The Morgan fingerprint density at radius 3 is 2.19 bits per heavy atom. The van der Waals surface area contributed by atoms with Gasteiger partial charge in [-0.05, 0) is 70.0 Å². The molecule has 2 aromatic rings. The predicted molar refractivity (Wildman–Crippen MR) is 127 cm³/mol. The Labute approximate surface area is 190 Å². The molecule has 0 radical (unpaired) electrons. The quantitative estimate of drug-likeness (QED) is 0.573. The Bertz CT molecular complexity index is 857. The fraction of sp³-hybridized carbons (Fsp3) is 0.480. The molecule has 1 atom stereocenters. The Balaban J connectivity index is 1.76. The molecule has 1 aliphatic rings. The molecule has 7 heteroatoms. The molecule has 1 heterocycles. The highest BCUT2D eigenvalue weighted by atomic mass is 16.5. The van der Waals surface area contributed by atoms with Crippen LogP contribution in [-0.4, -0.2) is 52.0 Å². The predicted octanol–water partition coefficient (Wildman–Crippen LogP) is 4.75. The zero-order chi connectivity index (χ0) is 22.9. The number of carbonyl (C=O) groups excluding carboxylic acids is 1. The fourth-order valence-electron chi connectivity index (χ4n) is 3.84. The van der Waals surface area contributed by atoms with Crippen LogP contribution in [0.2, 0.25) is 0 Å². The van der Waals surface area contributed by atoms with Crippen molar-refractivity contribution in [3.63, 3.8) is 0 Å². The molecule has 0 aliphatic carbocycles. The molecule has 1 N–H and O–H groups in total. The van der Waals surface area contributed by atoms with Gasteiger partial charge in [0, 0.05) is 37.1 Å². The number of nitrogens with one attached hydrogen (secondary N) is 1. The molecule has 1 saturated heterocycles. The first-order chi connectivity index (χ1) is 15.6. The monoisotopic (exact) mass is 442 g/mol. The maximum Gasteiger partial charge on any atom is 0.255 e. The van der Waals surface area contributed by atoms with E-state index in [2.05, 4.69) is 10.2 Å². The summed E-state index contributed by atoms with van der Waals surface area (Å²) < 4.78 is 22.7. The van der Waals surface area contributed by atoms with Crippen molar-refractivity contribution in [2.45, 2.75) is 39.7 Å². The van der Waals surface area contributed by atoms with E-state index in [9.17, 15) is 4.79 Å². The largest absolute Gasteiger partial charge is 0.490 e. The van der Waals surface area contributed by atoms with Gasteiger partial charge in [0.05, 0.1) is 25.9 Å². The van der Waals surface area contributed by atoms with E-state index >= 15 is 0 Å². The molecule has 3 rings (SSSR count). The molecule has 1 unspecified atom stereocenters. The van der Waals surface area contributed by atoms with Gasteiger partial charge in [0.2, 0.25) is 5.75 Å². The number of piperidine rings is 1. The van der Waals surface area contributed by atoms with E-state index in [4.69, 9.17) is 18.9 Å². The highest BCUT2D eigenvalue weighted by Gasteiger charge is 2.20. The number of hydrogen-bond acceptors (Lipinski definition) is 6. The summed E-state index contributed by atoms with van der Waals surface area (Å²) in [5.41, 5.74) is 2.30. The SMILES string of the molecule is CCOc1cc(C(=O)Nc2ccc(N3CCCC(OC)C3)cc2)cc(OCC)c1OCC. The van der Waals surface area contributed by atoms with Crippen LogP contribution in [0.5, 0.6) is 17.2 Å². The molecule has 2 aromatic carbocycles. The van der Waals surface area contributed by atoms with Gasteiger partial charge in [0.1, 0.15) is 0 Å². The number of carbonyl (C=O) groups is 1. The second-order valence-corrected chi connectivity index (χ2v) is 7.55. The van der Waals surface area contributed by atoms with Crippen LogP contribution in [0.3, 0.4) is 0 Å². The van der Waals surface area contributed by atoms with Gasteiger partial charge in [-0.25, -0.2) is 0 Å². The lowest BCUT2D eigenvalue weighted by Crippen LogP contribution is -2.39. The first kappa shape index (κ1) is 23.7. The number of hydrogen-bond donors (Lipinski definition) is 1. The molecule has 0 aromatic heterocycles. The molecular formula is C25H34N2O5. The van der Waals surface area contributed by atoms with Gasteiger partial charge in [-0.2, -0.15) is 0 Å². The van der Waals surface area contributed by atoms with E-state index in [-0.39, 0.29) is 12.0 Å². The van der Waals surface area contributed by atoms with Gasteiger partial charge in [-0.15, -0.1) is 0 Å². The van der Waals surface area contributed by atoms with Gasteiger partial charge >= 0.3 is 0 Å². The first-order valence-corrected chi connectivity index (χ1v) is 11.3. The fourth-order valence-corrected chi connectivity index (χ4v) is 3.84. The van der Waals surface area contributed by atoms with E-state index in [1.807, 2.05) is 45.0 Å². The van der Waals surface area contributed by atoms with Crippen molar-refractivity contribution in [3.8, 4) is 17.2 Å². The molecule has 32 heavy (non-hydrogen) atoms. The van der Waals surface area contributed by atoms with Crippen molar-refractivity contribution in [3.05, 3.63) is 42.0 Å². The minimum atomic E-state index is -0.236. The van der Waals surface area contributed by atoms with Crippen molar-refractivity contribution in [2.75, 3.05) is 50.2 Å². The number of rotatable bonds is 10. The number of methoxy groups -OCH3 is 1. The number of benzene rings is 2. The summed E-state index contributed by atoms with van der Waals surface area (Å²) in [7, 11) is 1.77. The summed E-state index contributed by atoms with van der Waals surface area (Å²) in [6.45, 7) is 8.96. The van der Waals surface area contributed by atoms with Gasteiger partial charge in [0.25, 0.3) is 5.91 Å². The van der Waals surface area contributed by atoms with Crippen LogP contribution in [-0.2, 0) is 4.74 Å². The maximum atomic E-state index is 13.0. The third-order valence-corrected chi connectivity index (χ3v) is 5.37. The summed E-state index contributed by atoms with van der Waals surface area (Å²) in [5.74, 6) is 1.28. The van der Waals surface area contributed by atoms with E-state index in [1.165, 1.54) is 0 Å². The normalized spacial score (nSPS) is 15.9. The van der Waals surface area contributed by atoms with E-state index in [0.29, 0.717) is 42.6 Å². The minimum absolute atomic E-state index is 0.236. The van der Waals surface area contributed by atoms with Crippen molar-refractivity contribution in [2.24, 2.45) is 0 Å². The Morgan fingerprint density at radius 2 is 1.62 bits per heavy atom. The summed E-state index contributed by atoms with van der Waals surface area (Å²) in [4.78, 5) is 15.3. The van der Waals surface area contributed by atoms with Gasteiger partial charge < -0.3 is 29.2 Å². The molecule has 1 amide bonds. The zero-order valence-electron chi connectivity index (χ0n) is 19.5. The average Bonchev–Trinajstić information content (AvgIpc) is 2.81. The third-order valence-electron chi connectivity index (χ3n) is 5.37. The highest BCUT2D eigenvalue weighted by Crippen LogP contribution is 2.39. The van der Waals surface area contributed by atoms with Crippen LogP contribution in [0, 0.1) is 0 Å². The molecule has 7 nitrogen and oxygen atoms in total. The summed E-state index contributed by atoms with van der Waals surface area (Å²) >= 11 is 0. The number of anilines is 2. The van der Waals surface area contributed by atoms with Crippen molar-refractivity contribution >= 4 is 17.3 Å². The Morgan fingerprint density at radius 1 is 1.00 bits per heavy atom. The molecule has 174 valence electrons. The summed E-state index contributed by atoms with van der Waals surface area (Å²) in [6.07, 6.45) is 2.47. The van der Waals surface area contributed by atoms with Crippen molar-refractivity contribution < 1.29 is 23.7 Å². The average molecular weight is 443 g/mol. The van der Waals surface area contributed by atoms with Crippen molar-refractivity contribution in [1.29, 1.82) is 0 Å². The second kappa shape index (κ2) is 11.6. The molecule has 1 fully saturated rings. The molecule has 0 bridgehead atoms. The van der Waals surface area contributed by atoms with Crippen LogP contribution in [0.4, 0.5) is 11.4 Å². The number of amides is 1. The minimum Gasteiger partial charge on any atom is -0.490 e. The lowest BCUT2D eigenvalue weighted by molar-refractivity contribution is 0.0893. The van der Waals surface area contributed by atoms with Crippen LogP contribution in [0.15, 0.2) is 36.4 Å². The molecule has 0 spiro atoms. The van der Waals surface area contributed by atoms with Crippen molar-refractivity contribution in [1.82, 2.24) is 0 Å². The van der Waals surface area contributed by atoms with Gasteiger partial charge in [-0.3, -0.25) is 4.79 Å². The van der Waals surface area contributed by atoms with Crippen LogP contribution in [0.1, 0.15) is 44.0 Å². The molecule has 0 saturated carbocycles.